The number of amides is 1. The molecule has 1 amide bonds. The second-order valence-electron chi connectivity index (χ2n) is 7.03. The predicted molar refractivity (Wildman–Crippen MR) is 111 cm³/mol. The number of aliphatic imine (C=N–C) groups is 1. The maximum absolute atomic E-state index is 12.2. The van der Waals surface area contributed by atoms with Gasteiger partial charge in [0.25, 0.3) is 5.91 Å². The molecule has 1 aromatic carbocycles. The van der Waals surface area contributed by atoms with E-state index in [9.17, 15) is 9.90 Å². The SMILES string of the molecule is CCNC(=NCC(C)(O)c1ccco1)NCCCN1C(=O)COc2ccccc21. The number of aliphatic hydroxyl groups is 1. The van der Waals surface area contributed by atoms with Gasteiger partial charge in [-0.25, -0.2) is 4.99 Å². The number of furan rings is 1. The third-order valence-electron chi connectivity index (χ3n) is 4.60. The van der Waals surface area contributed by atoms with Crippen LogP contribution >= 0.6 is 0 Å². The van der Waals surface area contributed by atoms with Crippen molar-refractivity contribution in [2.45, 2.75) is 25.9 Å². The zero-order valence-corrected chi connectivity index (χ0v) is 16.9. The lowest BCUT2D eigenvalue weighted by atomic mass is 10.0. The van der Waals surface area contributed by atoms with Crippen LogP contribution in [0.4, 0.5) is 5.69 Å². The summed E-state index contributed by atoms with van der Waals surface area (Å²) in [6.45, 7) is 5.77. The van der Waals surface area contributed by atoms with E-state index in [0.717, 1.165) is 17.9 Å². The summed E-state index contributed by atoms with van der Waals surface area (Å²) in [6.07, 6.45) is 2.26. The van der Waals surface area contributed by atoms with Crippen molar-refractivity contribution in [1.29, 1.82) is 0 Å². The molecule has 0 saturated carbocycles. The van der Waals surface area contributed by atoms with Crippen molar-refractivity contribution in [1.82, 2.24) is 10.6 Å². The molecule has 29 heavy (non-hydrogen) atoms. The third kappa shape index (κ3) is 5.29. The van der Waals surface area contributed by atoms with Gasteiger partial charge in [-0.15, -0.1) is 0 Å². The summed E-state index contributed by atoms with van der Waals surface area (Å²) in [5.74, 6) is 1.77. The summed E-state index contributed by atoms with van der Waals surface area (Å²) < 4.78 is 10.8. The molecule has 1 unspecified atom stereocenters. The number of carbonyl (C=O) groups is 1. The standard InChI is InChI=1S/C21H28N4O4/c1-3-22-20(24-15-21(2,27)18-10-6-13-28-18)23-11-7-12-25-16-8-4-5-9-17(16)29-14-19(25)26/h4-6,8-10,13,27H,3,7,11-12,14-15H2,1-2H3,(H2,22,23,24). The summed E-state index contributed by atoms with van der Waals surface area (Å²) in [6, 6.07) is 11.0. The highest BCUT2D eigenvalue weighted by Crippen LogP contribution is 2.31. The summed E-state index contributed by atoms with van der Waals surface area (Å²) in [5.41, 5.74) is -0.380. The van der Waals surface area contributed by atoms with Crippen LogP contribution in [-0.2, 0) is 10.4 Å². The minimum Gasteiger partial charge on any atom is -0.482 e. The maximum atomic E-state index is 12.2. The molecule has 0 radical (unpaired) electrons. The number of ether oxygens (including phenoxy) is 1. The molecule has 8 heteroatoms. The molecule has 0 fully saturated rings. The quantitative estimate of drug-likeness (QED) is 0.355. The van der Waals surface area contributed by atoms with E-state index < -0.39 is 5.60 Å². The van der Waals surface area contributed by atoms with Crippen LogP contribution in [0.1, 0.15) is 26.0 Å². The number of para-hydroxylation sites is 2. The van der Waals surface area contributed by atoms with Crippen molar-refractivity contribution in [3.05, 3.63) is 48.4 Å². The maximum Gasteiger partial charge on any atom is 0.265 e. The van der Waals surface area contributed by atoms with Crippen LogP contribution in [0.5, 0.6) is 5.75 Å². The van der Waals surface area contributed by atoms with E-state index in [1.165, 1.54) is 6.26 Å². The van der Waals surface area contributed by atoms with Gasteiger partial charge in [-0.05, 0) is 44.5 Å². The van der Waals surface area contributed by atoms with Crippen LogP contribution in [0.3, 0.4) is 0 Å². The van der Waals surface area contributed by atoms with Crippen LogP contribution < -0.4 is 20.3 Å². The van der Waals surface area contributed by atoms with Crippen molar-refractivity contribution < 1.29 is 19.1 Å². The Hall–Kier alpha value is -3.00. The average Bonchev–Trinajstić information content (AvgIpc) is 3.26. The monoisotopic (exact) mass is 400 g/mol. The van der Waals surface area contributed by atoms with Crippen LogP contribution in [0.15, 0.2) is 52.1 Å². The summed E-state index contributed by atoms with van der Waals surface area (Å²) in [5, 5.41) is 16.9. The van der Waals surface area contributed by atoms with Gasteiger partial charge in [0, 0.05) is 19.6 Å². The number of hydrogen-bond donors (Lipinski definition) is 3. The van der Waals surface area contributed by atoms with Gasteiger partial charge in [0.2, 0.25) is 0 Å². The first-order chi connectivity index (χ1) is 14.0. The van der Waals surface area contributed by atoms with E-state index in [1.807, 2.05) is 31.2 Å². The first kappa shape index (κ1) is 20.7. The number of benzene rings is 1. The number of hydrogen-bond acceptors (Lipinski definition) is 5. The van der Waals surface area contributed by atoms with Crippen LogP contribution in [-0.4, -0.2) is 49.8 Å². The van der Waals surface area contributed by atoms with Gasteiger partial charge in [-0.3, -0.25) is 4.79 Å². The van der Waals surface area contributed by atoms with E-state index in [4.69, 9.17) is 9.15 Å². The molecule has 1 atom stereocenters. The van der Waals surface area contributed by atoms with Crippen molar-refractivity contribution in [2.24, 2.45) is 4.99 Å². The fraction of sp³-hybridized carbons (Fsp3) is 0.429. The Morgan fingerprint density at radius 2 is 2.10 bits per heavy atom. The van der Waals surface area contributed by atoms with Crippen LogP contribution in [0.25, 0.3) is 0 Å². The fourth-order valence-electron chi connectivity index (χ4n) is 3.08. The smallest absolute Gasteiger partial charge is 0.265 e. The number of nitrogens with zero attached hydrogens (tertiary/aromatic N) is 2. The molecular weight excluding hydrogens is 372 g/mol. The molecule has 1 aliphatic heterocycles. The summed E-state index contributed by atoms with van der Waals surface area (Å²) >= 11 is 0. The number of nitrogens with one attached hydrogen (secondary N) is 2. The highest BCUT2D eigenvalue weighted by Gasteiger charge is 2.26. The number of anilines is 1. The third-order valence-corrected chi connectivity index (χ3v) is 4.60. The second-order valence-corrected chi connectivity index (χ2v) is 7.03. The largest absolute Gasteiger partial charge is 0.482 e. The Labute approximate surface area is 170 Å². The topological polar surface area (TPSA) is 99.3 Å². The molecule has 1 aromatic heterocycles. The lowest BCUT2D eigenvalue weighted by molar-refractivity contribution is -0.121. The molecule has 0 bridgehead atoms. The molecule has 2 heterocycles. The van der Waals surface area contributed by atoms with Crippen LogP contribution in [0.2, 0.25) is 0 Å². The van der Waals surface area contributed by atoms with E-state index in [0.29, 0.717) is 31.4 Å². The molecule has 8 nitrogen and oxygen atoms in total. The van der Waals surface area contributed by atoms with Gasteiger partial charge >= 0.3 is 0 Å². The first-order valence-corrected chi connectivity index (χ1v) is 9.82. The average molecular weight is 400 g/mol. The molecule has 1 aliphatic rings. The van der Waals surface area contributed by atoms with Crippen molar-refractivity contribution in [3.8, 4) is 5.75 Å². The van der Waals surface area contributed by atoms with E-state index in [-0.39, 0.29) is 19.1 Å². The number of carbonyl (C=O) groups excluding carboxylic acids is 1. The molecule has 0 spiro atoms. The van der Waals surface area contributed by atoms with Gasteiger partial charge < -0.3 is 29.8 Å². The number of rotatable bonds is 8. The summed E-state index contributed by atoms with van der Waals surface area (Å²) in [4.78, 5) is 18.4. The van der Waals surface area contributed by atoms with Crippen molar-refractivity contribution in [3.63, 3.8) is 0 Å². The molecule has 2 aromatic rings. The molecule has 3 N–H and O–H groups in total. The number of guanidine groups is 1. The Morgan fingerprint density at radius 3 is 2.86 bits per heavy atom. The van der Waals surface area contributed by atoms with Crippen LogP contribution in [0, 0.1) is 0 Å². The summed E-state index contributed by atoms with van der Waals surface area (Å²) in [7, 11) is 0. The first-order valence-electron chi connectivity index (χ1n) is 9.82. The minimum atomic E-state index is -1.18. The highest BCUT2D eigenvalue weighted by atomic mass is 16.5. The minimum absolute atomic E-state index is 0.0428. The molecule has 3 rings (SSSR count). The number of fused-ring (bicyclic) bond motifs is 1. The van der Waals surface area contributed by atoms with E-state index in [2.05, 4.69) is 15.6 Å². The molecule has 156 valence electrons. The Balaban J connectivity index is 1.53. The second kappa shape index (κ2) is 9.47. The van der Waals surface area contributed by atoms with Crippen molar-refractivity contribution >= 4 is 17.6 Å². The zero-order chi connectivity index (χ0) is 20.7. The molecular formula is C21H28N4O4. The van der Waals surface area contributed by atoms with Gasteiger partial charge in [-0.1, -0.05) is 12.1 Å². The Kier molecular flexibility index (Phi) is 6.77. The lowest BCUT2D eigenvalue weighted by Crippen LogP contribution is -2.42. The van der Waals surface area contributed by atoms with Gasteiger partial charge in [-0.2, -0.15) is 0 Å². The Bertz CT molecular complexity index is 833. The lowest BCUT2D eigenvalue weighted by Gasteiger charge is -2.29. The zero-order valence-electron chi connectivity index (χ0n) is 16.9. The normalized spacial score (nSPS) is 16.0. The van der Waals surface area contributed by atoms with E-state index in [1.54, 1.807) is 24.0 Å². The van der Waals surface area contributed by atoms with Crippen molar-refractivity contribution in [2.75, 3.05) is 37.7 Å². The highest BCUT2D eigenvalue weighted by molar-refractivity contribution is 5.97. The van der Waals surface area contributed by atoms with Gasteiger partial charge in [0.05, 0.1) is 18.5 Å². The Morgan fingerprint density at radius 1 is 1.28 bits per heavy atom. The fourth-order valence-corrected chi connectivity index (χ4v) is 3.08. The molecule has 0 aliphatic carbocycles. The van der Waals surface area contributed by atoms with Gasteiger partial charge in [0.1, 0.15) is 17.1 Å². The van der Waals surface area contributed by atoms with E-state index >= 15 is 0 Å². The van der Waals surface area contributed by atoms with Gasteiger partial charge in [0.15, 0.2) is 12.6 Å². The molecule has 0 saturated heterocycles. The predicted octanol–water partition coefficient (Wildman–Crippen LogP) is 1.86.